The number of hydrogen-bond acceptors (Lipinski definition) is 3. The zero-order chi connectivity index (χ0) is 10.6. The van der Waals surface area contributed by atoms with Crippen molar-refractivity contribution in [3.05, 3.63) is 0 Å². The number of hydrogen-bond donors (Lipinski definition) is 2. The van der Waals surface area contributed by atoms with E-state index < -0.39 is 11.9 Å². The summed E-state index contributed by atoms with van der Waals surface area (Å²) >= 11 is 0. The number of carboxylic acids is 2. The van der Waals surface area contributed by atoms with Crippen LogP contribution in [-0.4, -0.2) is 46.7 Å². The predicted octanol–water partition coefficient (Wildman–Crippen LogP) is 0.258. The Morgan fingerprint density at radius 3 is 2.21 bits per heavy atom. The molecule has 1 saturated heterocycles. The van der Waals surface area contributed by atoms with Gasteiger partial charge in [-0.3, -0.25) is 9.59 Å². The molecule has 1 aliphatic rings. The molecule has 0 aromatic heterocycles. The molecule has 0 aromatic rings. The van der Waals surface area contributed by atoms with E-state index in [1.165, 1.54) is 0 Å². The number of aliphatic carboxylic acids is 2. The second kappa shape index (κ2) is 4.95. The van der Waals surface area contributed by atoms with Gasteiger partial charge in [0.15, 0.2) is 0 Å². The molecule has 0 aliphatic carbocycles. The van der Waals surface area contributed by atoms with E-state index in [1.807, 2.05) is 4.90 Å². The van der Waals surface area contributed by atoms with Gasteiger partial charge in [0, 0.05) is 6.54 Å². The molecule has 0 atom stereocenters. The Labute approximate surface area is 82.3 Å². The Morgan fingerprint density at radius 2 is 1.79 bits per heavy atom. The number of carboxylic acid groups (broad SMARTS) is 2. The first-order valence-electron chi connectivity index (χ1n) is 4.76. The lowest BCUT2D eigenvalue weighted by molar-refractivity contribution is -0.144. The van der Waals surface area contributed by atoms with Crippen LogP contribution in [0.1, 0.15) is 19.3 Å². The summed E-state index contributed by atoms with van der Waals surface area (Å²) in [6.07, 6.45) is 1.40. The van der Waals surface area contributed by atoms with Crippen LogP contribution in [0.15, 0.2) is 0 Å². The van der Waals surface area contributed by atoms with Crippen LogP contribution < -0.4 is 0 Å². The molecule has 0 bridgehead atoms. The topological polar surface area (TPSA) is 77.8 Å². The van der Waals surface area contributed by atoms with Gasteiger partial charge < -0.3 is 15.1 Å². The molecule has 80 valence electrons. The summed E-state index contributed by atoms with van der Waals surface area (Å²) in [7, 11) is 0. The smallest absolute Gasteiger partial charge is 0.306 e. The van der Waals surface area contributed by atoms with Crippen molar-refractivity contribution in [2.45, 2.75) is 19.3 Å². The third-order valence-electron chi connectivity index (χ3n) is 2.58. The van der Waals surface area contributed by atoms with Crippen LogP contribution in [0.2, 0.25) is 0 Å². The third kappa shape index (κ3) is 3.33. The molecule has 0 spiro atoms. The van der Waals surface area contributed by atoms with Crippen molar-refractivity contribution >= 4 is 11.9 Å². The minimum atomic E-state index is -0.801. The van der Waals surface area contributed by atoms with Gasteiger partial charge in [-0.15, -0.1) is 0 Å². The molecule has 1 fully saturated rings. The maximum Gasteiger partial charge on any atom is 0.306 e. The first-order chi connectivity index (χ1) is 6.59. The monoisotopic (exact) mass is 201 g/mol. The van der Waals surface area contributed by atoms with Gasteiger partial charge in [-0.1, -0.05) is 0 Å². The summed E-state index contributed by atoms with van der Waals surface area (Å²) in [4.78, 5) is 22.9. The van der Waals surface area contributed by atoms with E-state index in [2.05, 4.69) is 0 Å². The zero-order valence-corrected chi connectivity index (χ0v) is 7.98. The van der Waals surface area contributed by atoms with Crippen molar-refractivity contribution in [3.8, 4) is 0 Å². The average Bonchev–Trinajstić information content (AvgIpc) is 2.15. The van der Waals surface area contributed by atoms with Crippen molar-refractivity contribution in [2.24, 2.45) is 5.92 Å². The van der Waals surface area contributed by atoms with Crippen molar-refractivity contribution in [3.63, 3.8) is 0 Å². The summed E-state index contributed by atoms with van der Waals surface area (Å²) in [6.45, 7) is 1.93. The fourth-order valence-electron chi connectivity index (χ4n) is 1.66. The van der Waals surface area contributed by atoms with E-state index in [-0.39, 0.29) is 12.3 Å². The highest BCUT2D eigenvalue weighted by atomic mass is 16.4. The maximum absolute atomic E-state index is 10.6. The first kappa shape index (κ1) is 11.0. The number of nitrogens with zero attached hydrogens (tertiary/aromatic N) is 1. The molecule has 5 heteroatoms. The number of carbonyl (C=O) groups is 2. The lowest BCUT2D eigenvalue weighted by Gasteiger charge is -2.29. The van der Waals surface area contributed by atoms with Crippen LogP contribution in [0, 0.1) is 5.92 Å². The van der Waals surface area contributed by atoms with Crippen molar-refractivity contribution in [2.75, 3.05) is 19.6 Å². The van der Waals surface area contributed by atoms with Gasteiger partial charge in [0.1, 0.15) is 0 Å². The Hall–Kier alpha value is -1.10. The van der Waals surface area contributed by atoms with Gasteiger partial charge in [-0.25, -0.2) is 0 Å². The van der Waals surface area contributed by atoms with Crippen LogP contribution in [-0.2, 0) is 9.59 Å². The van der Waals surface area contributed by atoms with E-state index in [4.69, 9.17) is 10.2 Å². The Balaban J connectivity index is 2.22. The van der Waals surface area contributed by atoms with Gasteiger partial charge in [0.2, 0.25) is 0 Å². The molecule has 14 heavy (non-hydrogen) atoms. The molecule has 0 radical (unpaired) electrons. The highest BCUT2D eigenvalue weighted by Gasteiger charge is 2.24. The van der Waals surface area contributed by atoms with Crippen molar-refractivity contribution in [1.29, 1.82) is 0 Å². The highest BCUT2D eigenvalue weighted by molar-refractivity contribution is 5.70. The summed E-state index contributed by atoms with van der Waals surface area (Å²) < 4.78 is 0. The van der Waals surface area contributed by atoms with Gasteiger partial charge in [0.25, 0.3) is 0 Å². The van der Waals surface area contributed by atoms with Gasteiger partial charge in [-0.2, -0.15) is 0 Å². The Kier molecular flexibility index (Phi) is 3.88. The Bertz CT molecular complexity index is 221. The molecule has 0 saturated carbocycles. The van der Waals surface area contributed by atoms with Crippen molar-refractivity contribution in [1.82, 2.24) is 4.90 Å². The molecular weight excluding hydrogens is 186 g/mol. The van der Waals surface area contributed by atoms with Gasteiger partial charge in [-0.05, 0) is 25.9 Å². The van der Waals surface area contributed by atoms with Crippen LogP contribution in [0.5, 0.6) is 0 Å². The largest absolute Gasteiger partial charge is 0.481 e. The SMILES string of the molecule is O=C(O)CCN1CCC(C(=O)O)CC1. The summed E-state index contributed by atoms with van der Waals surface area (Å²) in [6, 6.07) is 0. The standard InChI is InChI=1S/C9H15NO4/c11-8(12)3-6-10-4-1-7(2-5-10)9(13)14/h7H,1-6H2,(H,11,12)(H,13,14). The summed E-state index contributed by atoms with van der Waals surface area (Å²) in [5.74, 6) is -1.77. The predicted molar refractivity (Wildman–Crippen MR) is 49.1 cm³/mol. The van der Waals surface area contributed by atoms with Gasteiger partial charge in [0.05, 0.1) is 12.3 Å². The second-order valence-corrected chi connectivity index (χ2v) is 3.60. The van der Waals surface area contributed by atoms with Crippen LogP contribution >= 0.6 is 0 Å². The van der Waals surface area contributed by atoms with Crippen LogP contribution in [0.4, 0.5) is 0 Å². The number of likely N-dealkylation sites (tertiary alicyclic amines) is 1. The zero-order valence-electron chi connectivity index (χ0n) is 7.98. The molecular formula is C9H15NO4. The fraction of sp³-hybridized carbons (Fsp3) is 0.778. The lowest BCUT2D eigenvalue weighted by atomic mass is 9.97. The number of rotatable bonds is 4. The molecule has 0 amide bonds. The second-order valence-electron chi connectivity index (χ2n) is 3.60. The average molecular weight is 201 g/mol. The number of piperidine rings is 1. The van der Waals surface area contributed by atoms with E-state index in [0.717, 1.165) is 0 Å². The molecule has 1 heterocycles. The molecule has 0 aromatic carbocycles. The molecule has 5 nitrogen and oxygen atoms in total. The summed E-state index contributed by atoms with van der Waals surface area (Å²) in [5.41, 5.74) is 0. The minimum absolute atomic E-state index is 0.137. The van der Waals surface area contributed by atoms with Crippen LogP contribution in [0.25, 0.3) is 0 Å². The third-order valence-corrected chi connectivity index (χ3v) is 2.58. The normalized spacial score (nSPS) is 19.4. The lowest BCUT2D eigenvalue weighted by Crippen LogP contribution is -2.37. The summed E-state index contributed by atoms with van der Waals surface area (Å²) in [5, 5.41) is 17.2. The van der Waals surface area contributed by atoms with Gasteiger partial charge >= 0.3 is 11.9 Å². The quantitative estimate of drug-likeness (QED) is 0.682. The molecule has 0 unspecified atom stereocenters. The molecule has 1 rings (SSSR count). The van der Waals surface area contributed by atoms with E-state index in [1.54, 1.807) is 0 Å². The Morgan fingerprint density at radius 1 is 1.21 bits per heavy atom. The van der Waals surface area contributed by atoms with E-state index >= 15 is 0 Å². The van der Waals surface area contributed by atoms with Crippen LogP contribution in [0.3, 0.4) is 0 Å². The molecule has 2 N–H and O–H groups in total. The molecule has 1 aliphatic heterocycles. The first-order valence-corrected chi connectivity index (χ1v) is 4.76. The highest BCUT2D eigenvalue weighted by Crippen LogP contribution is 2.17. The minimum Gasteiger partial charge on any atom is -0.481 e. The fourth-order valence-corrected chi connectivity index (χ4v) is 1.66. The van der Waals surface area contributed by atoms with Crippen molar-refractivity contribution < 1.29 is 19.8 Å². The van der Waals surface area contributed by atoms with E-state index in [9.17, 15) is 9.59 Å². The van der Waals surface area contributed by atoms with E-state index in [0.29, 0.717) is 32.5 Å². The maximum atomic E-state index is 10.6.